The SMILES string of the molecule is Cc1cccc(C(N)C2SCCSC2C)c1. The van der Waals surface area contributed by atoms with Crippen LogP contribution in [0.1, 0.15) is 24.1 Å². The molecule has 1 aliphatic heterocycles. The van der Waals surface area contributed by atoms with Gasteiger partial charge in [-0.15, -0.1) is 0 Å². The van der Waals surface area contributed by atoms with Crippen molar-refractivity contribution in [2.75, 3.05) is 11.5 Å². The Kier molecular flexibility index (Phi) is 4.22. The molecule has 0 amide bonds. The summed E-state index contributed by atoms with van der Waals surface area (Å²) in [7, 11) is 0. The summed E-state index contributed by atoms with van der Waals surface area (Å²) >= 11 is 4.09. The second-order valence-corrected chi connectivity index (χ2v) is 7.12. The Bertz CT molecular complexity index is 354. The van der Waals surface area contributed by atoms with E-state index < -0.39 is 0 Å². The highest BCUT2D eigenvalue weighted by Crippen LogP contribution is 2.37. The number of benzene rings is 1. The van der Waals surface area contributed by atoms with Gasteiger partial charge in [-0.05, 0) is 12.5 Å². The van der Waals surface area contributed by atoms with Crippen LogP contribution >= 0.6 is 23.5 Å². The van der Waals surface area contributed by atoms with Crippen molar-refractivity contribution in [1.29, 1.82) is 0 Å². The summed E-state index contributed by atoms with van der Waals surface area (Å²) in [5, 5.41) is 1.22. The summed E-state index contributed by atoms with van der Waals surface area (Å²) in [5.74, 6) is 2.50. The van der Waals surface area contributed by atoms with E-state index in [0.717, 1.165) is 0 Å². The van der Waals surface area contributed by atoms with Gasteiger partial charge in [0.15, 0.2) is 0 Å². The van der Waals surface area contributed by atoms with Gasteiger partial charge in [-0.25, -0.2) is 0 Å². The number of hydrogen-bond donors (Lipinski definition) is 1. The smallest absolute Gasteiger partial charge is 0.0426 e. The molecule has 1 aromatic carbocycles. The van der Waals surface area contributed by atoms with Crippen LogP contribution in [0, 0.1) is 6.92 Å². The highest BCUT2D eigenvalue weighted by molar-refractivity contribution is 8.07. The molecule has 2 N–H and O–H groups in total. The van der Waals surface area contributed by atoms with Crippen LogP contribution in [0.2, 0.25) is 0 Å². The van der Waals surface area contributed by atoms with Crippen LogP contribution in [0.25, 0.3) is 0 Å². The summed E-state index contributed by atoms with van der Waals surface area (Å²) in [4.78, 5) is 0. The lowest BCUT2D eigenvalue weighted by Gasteiger charge is -2.32. The zero-order chi connectivity index (χ0) is 11.5. The lowest BCUT2D eigenvalue weighted by atomic mass is 10.0. The Hall–Kier alpha value is -0.120. The Morgan fingerprint density at radius 1 is 1.31 bits per heavy atom. The molecule has 3 unspecified atom stereocenters. The lowest BCUT2D eigenvalue weighted by Crippen LogP contribution is -2.34. The van der Waals surface area contributed by atoms with Crippen LogP contribution in [0.15, 0.2) is 24.3 Å². The third kappa shape index (κ3) is 2.76. The van der Waals surface area contributed by atoms with E-state index >= 15 is 0 Å². The molecule has 3 heteroatoms. The quantitative estimate of drug-likeness (QED) is 0.876. The minimum atomic E-state index is 0.174. The molecule has 2 rings (SSSR count). The fourth-order valence-corrected chi connectivity index (χ4v) is 4.99. The van der Waals surface area contributed by atoms with Gasteiger partial charge >= 0.3 is 0 Å². The van der Waals surface area contributed by atoms with Crippen molar-refractivity contribution in [3.05, 3.63) is 35.4 Å². The second kappa shape index (κ2) is 5.48. The molecule has 88 valence electrons. The Morgan fingerprint density at radius 3 is 2.75 bits per heavy atom. The van der Waals surface area contributed by atoms with Crippen LogP contribution < -0.4 is 5.73 Å². The maximum atomic E-state index is 6.39. The Morgan fingerprint density at radius 2 is 2.06 bits per heavy atom. The fourth-order valence-electron chi connectivity index (χ4n) is 2.11. The maximum Gasteiger partial charge on any atom is 0.0426 e. The molecule has 1 fully saturated rings. The van der Waals surface area contributed by atoms with E-state index in [9.17, 15) is 0 Å². The molecule has 3 atom stereocenters. The van der Waals surface area contributed by atoms with Crippen LogP contribution in [-0.4, -0.2) is 22.0 Å². The first-order valence-corrected chi connectivity index (χ1v) is 7.83. The van der Waals surface area contributed by atoms with Crippen molar-refractivity contribution in [2.45, 2.75) is 30.4 Å². The summed E-state index contributed by atoms with van der Waals surface area (Å²) in [6.07, 6.45) is 0. The van der Waals surface area contributed by atoms with Gasteiger partial charge in [-0.1, -0.05) is 36.8 Å². The molecular weight excluding hydrogens is 234 g/mol. The van der Waals surface area contributed by atoms with Gasteiger partial charge in [-0.3, -0.25) is 0 Å². The monoisotopic (exact) mass is 253 g/mol. The van der Waals surface area contributed by atoms with Crippen LogP contribution in [0.4, 0.5) is 0 Å². The first-order valence-electron chi connectivity index (χ1n) is 5.74. The number of aryl methyl sites for hydroxylation is 1. The maximum absolute atomic E-state index is 6.39. The molecule has 1 aromatic rings. The topological polar surface area (TPSA) is 26.0 Å². The van der Waals surface area contributed by atoms with Crippen molar-refractivity contribution in [3.63, 3.8) is 0 Å². The first kappa shape index (κ1) is 12.3. The molecule has 0 radical (unpaired) electrons. The summed E-state index contributed by atoms with van der Waals surface area (Å²) < 4.78 is 0. The van der Waals surface area contributed by atoms with Gasteiger partial charge < -0.3 is 5.73 Å². The van der Waals surface area contributed by atoms with Gasteiger partial charge in [0.2, 0.25) is 0 Å². The Labute approximate surface area is 107 Å². The van der Waals surface area contributed by atoms with Crippen molar-refractivity contribution in [3.8, 4) is 0 Å². The van der Waals surface area contributed by atoms with Crippen molar-refractivity contribution < 1.29 is 0 Å². The van der Waals surface area contributed by atoms with E-state index in [0.29, 0.717) is 10.5 Å². The predicted molar refractivity (Wildman–Crippen MR) is 76.3 cm³/mol. The molecule has 0 aromatic heterocycles. The highest BCUT2D eigenvalue weighted by atomic mass is 32.2. The predicted octanol–water partition coefficient (Wildman–Crippen LogP) is 3.23. The normalized spacial score (nSPS) is 27.7. The van der Waals surface area contributed by atoms with Gasteiger partial charge in [0.05, 0.1) is 0 Å². The number of hydrogen-bond acceptors (Lipinski definition) is 3. The van der Waals surface area contributed by atoms with Crippen LogP contribution in [-0.2, 0) is 0 Å². The van der Waals surface area contributed by atoms with Gasteiger partial charge in [0.25, 0.3) is 0 Å². The summed E-state index contributed by atoms with van der Waals surface area (Å²) in [6, 6.07) is 8.78. The lowest BCUT2D eigenvalue weighted by molar-refractivity contribution is 0.663. The van der Waals surface area contributed by atoms with E-state index in [1.54, 1.807) is 0 Å². The third-order valence-corrected chi connectivity index (χ3v) is 6.23. The number of thioether (sulfide) groups is 2. The molecule has 0 bridgehead atoms. The van der Waals surface area contributed by atoms with E-state index in [-0.39, 0.29) is 6.04 Å². The molecule has 0 spiro atoms. The van der Waals surface area contributed by atoms with Crippen LogP contribution in [0.3, 0.4) is 0 Å². The van der Waals surface area contributed by atoms with Crippen LogP contribution in [0.5, 0.6) is 0 Å². The molecule has 16 heavy (non-hydrogen) atoms. The molecule has 1 saturated heterocycles. The average Bonchev–Trinajstić information content (AvgIpc) is 2.29. The second-order valence-electron chi connectivity index (χ2n) is 4.35. The molecule has 1 aliphatic rings. The highest BCUT2D eigenvalue weighted by Gasteiger charge is 2.28. The molecular formula is C13H19NS2. The van der Waals surface area contributed by atoms with E-state index in [4.69, 9.17) is 5.73 Å². The van der Waals surface area contributed by atoms with E-state index in [1.165, 1.54) is 22.6 Å². The van der Waals surface area contributed by atoms with Gasteiger partial charge in [0.1, 0.15) is 0 Å². The third-order valence-electron chi connectivity index (χ3n) is 3.02. The molecule has 1 heterocycles. The van der Waals surface area contributed by atoms with E-state index in [1.807, 2.05) is 11.8 Å². The molecule has 1 nitrogen and oxygen atoms in total. The first-order chi connectivity index (χ1) is 7.68. The number of nitrogens with two attached hydrogens (primary N) is 1. The standard InChI is InChI=1S/C13H19NS2/c1-9-4-3-5-11(8-9)12(14)13-10(2)15-6-7-16-13/h3-5,8,10,12-13H,6-7,14H2,1-2H3. The summed E-state index contributed by atoms with van der Waals surface area (Å²) in [5.41, 5.74) is 8.98. The van der Waals surface area contributed by atoms with Gasteiger partial charge in [0, 0.05) is 28.0 Å². The van der Waals surface area contributed by atoms with Crippen molar-refractivity contribution in [1.82, 2.24) is 0 Å². The molecule has 0 aliphatic carbocycles. The average molecular weight is 253 g/mol. The number of rotatable bonds is 2. The zero-order valence-electron chi connectivity index (χ0n) is 9.85. The largest absolute Gasteiger partial charge is 0.323 e. The van der Waals surface area contributed by atoms with Crippen molar-refractivity contribution >= 4 is 23.5 Å². The fraction of sp³-hybridized carbons (Fsp3) is 0.538. The minimum absolute atomic E-state index is 0.174. The van der Waals surface area contributed by atoms with E-state index in [2.05, 4.69) is 49.9 Å². The summed E-state index contributed by atoms with van der Waals surface area (Å²) in [6.45, 7) is 4.43. The van der Waals surface area contributed by atoms with Crippen molar-refractivity contribution in [2.24, 2.45) is 5.73 Å². The minimum Gasteiger partial charge on any atom is -0.323 e. The zero-order valence-corrected chi connectivity index (χ0v) is 11.5. The Balaban J connectivity index is 2.14. The molecule has 0 saturated carbocycles. The van der Waals surface area contributed by atoms with Gasteiger partial charge in [-0.2, -0.15) is 23.5 Å².